The van der Waals surface area contributed by atoms with E-state index < -0.39 is 32.1 Å². The van der Waals surface area contributed by atoms with Crippen molar-refractivity contribution in [3.63, 3.8) is 0 Å². The third-order valence-electron chi connectivity index (χ3n) is 3.17. The van der Waals surface area contributed by atoms with Crippen LogP contribution in [0.1, 0.15) is 19.8 Å². The predicted molar refractivity (Wildman–Crippen MR) is 63.4 cm³/mol. The summed E-state index contributed by atoms with van der Waals surface area (Å²) >= 11 is 0. The number of halogens is 2. The zero-order valence-corrected chi connectivity index (χ0v) is 11.0. The maximum absolute atomic E-state index is 13.1. The van der Waals surface area contributed by atoms with Gasteiger partial charge < -0.3 is 0 Å². The third-order valence-corrected chi connectivity index (χ3v) is 4.74. The van der Waals surface area contributed by atoms with Gasteiger partial charge in [-0.25, -0.2) is 17.2 Å². The number of rotatable bonds is 4. The Morgan fingerprint density at radius 2 is 2.00 bits per heavy atom. The summed E-state index contributed by atoms with van der Waals surface area (Å²) in [6.45, 7) is 1.49. The van der Waals surface area contributed by atoms with E-state index in [-0.39, 0.29) is 5.92 Å². The molecule has 0 spiro atoms. The van der Waals surface area contributed by atoms with E-state index >= 15 is 0 Å². The second kappa shape index (κ2) is 4.54. The summed E-state index contributed by atoms with van der Waals surface area (Å²) in [6, 6.07) is 4.24. The van der Waals surface area contributed by atoms with Gasteiger partial charge in [0.2, 0.25) is 10.0 Å². The van der Waals surface area contributed by atoms with Crippen LogP contribution >= 0.6 is 0 Å². The molecule has 2 rings (SSSR count). The highest BCUT2D eigenvalue weighted by Crippen LogP contribution is 2.39. The summed E-state index contributed by atoms with van der Waals surface area (Å²) < 4.78 is 52.2. The van der Waals surface area contributed by atoms with E-state index in [1.165, 1.54) is 6.92 Å². The molecule has 1 aliphatic rings. The zero-order valence-electron chi connectivity index (χ0n) is 10.2. The minimum absolute atomic E-state index is 0.0439. The van der Waals surface area contributed by atoms with Gasteiger partial charge in [-0.15, -0.1) is 0 Å². The van der Waals surface area contributed by atoms with Gasteiger partial charge in [0, 0.05) is 0 Å². The van der Waals surface area contributed by atoms with E-state index in [1.54, 1.807) is 0 Å². The molecule has 1 aromatic rings. The molecule has 1 fully saturated rings. The van der Waals surface area contributed by atoms with Gasteiger partial charge in [-0.1, -0.05) is 0 Å². The lowest BCUT2D eigenvalue weighted by atomic mass is 10.0. The average Bonchev–Trinajstić information content (AvgIpc) is 3.16. The standard InChI is InChI=1S/C12H12F2N2O2S/c1-12(7-15,8-2-3-8)16-19(17,18)9-4-5-10(13)11(14)6-9/h4-6,8,16H,2-3H2,1H3/t12-/m1/s1. The lowest BCUT2D eigenvalue weighted by Gasteiger charge is -2.22. The number of benzene rings is 1. The Morgan fingerprint density at radius 1 is 1.37 bits per heavy atom. The first kappa shape index (κ1) is 13.9. The molecule has 0 amide bonds. The summed E-state index contributed by atoms with van der Waals surface area (Å²) in [4.78, 5) is -0.395. The molecule has 102 valence electrons. The van der Waals surface area contributed by atoms with Gasteiger partial charge in [0.15, 0.2) is 11.6 Å². The quantitative estimate of drug-likeness (QED) is 0.919. The molecule has 1 N–H and O–H groups in total. The second-order valence-electron chi connectivity index (χ2n) is 4.77. The van der Waals surface area contributed by atoms with Gasteiger partial charge >= 0.3 is 0 Å². The SMILES string of the molecule is C[C@](C#N)(NS(=O)(=O)c1ccc(F)c(F)c1)C1CC1. The van der Waals surface area contributed by atoms with Crippen LogP contribution in [-0.4, -0.2) is 14.0 Å². The van der Waals surface area contributed by atoms with E-state index in [9.17, 15) is 17.2 Å². The van der Waals surface area contributed by atoms with Gasteiger partial charge in [-0.3, -0.25) is 0 Å². The molecule has 0 aliphatic heterocycles. The third kappa shape index (κ3) is 2.74. The van der Waals surface area contributed by atoms with Crippen LogP contribution in [0.25, 0.3) is 0 Å². The minimum Gasteiger partial charge on any atom is -0.207 e. The van der Waals surface area contributed by atoms with Crippen LogP contribution in [0, 0.1) is 28.9 Å². The second-order valence-corrected chi connectivity index (χ2v) is 6.45. The maximum atomic E-state index is 13.1. The van der Waals surface area contributed by atoms with Crippen LogP contribution in [-0.2, 0) is 10.0 Å². The monoisotopic (exact) mass is 286 g/mol. The molecule has 4 nitrogen and oxygen atoms in total. The molecule has 0 unspecified atom stereocenters. The molecule has 0 aromatic heterocycles. The Hall–Kier alpha value is -1.52. The van der Waals surface area contributed by atoms with Crippen molar-refractivity contribution >= 4 is 10.0 Å². The molecule has 1 atom stereocenters. The molecule has 0 bridgehead atoms. The molecule has 7 heteroatoms. The molecule has 0 saturated heterocycles. The van der Waals surface area contributed by atoms with Gasteiger partial charge in [0.25, 0.3) is 0 Å². The summed E-state index contributed by atoms with van der Waals surface area (Å²) in [5.41, 5.74) is -1.22. The van der Waals surface area contributed by atoms with Gasteiger partial charge in [-0.05, 0) is 43.9 Å². The van der Waals surface area contributed by atoms with Crippen molar-refractivity contribution in [3.05, 3.63) is 29.8 Å². The van der Waals surface area contributed by atoms with Gasteiger partial charge in [0.05, 0.1) is 11.0 Å². The lowest BCUT2D eigenvalue weighted by molar-refractivity contribution is 0.457. The first-order valence-electron chi connectivity index (χ1n) is 5.69. The van der Waals surface area contributed by atoms with Crippen molar-refractivity contribution in [3.8, 4) is 6.07 Å². The number of nitrogens with one attached hydrogen (secondary N) is 1. The molecule has 0 heterocycles. The van der Waals surface area contributed by atoms with Crippen LogP contribution in [0.5, 0.6) is 0 Å². The highest BCUT2D eigenvalue weighted by Gasteiger charge is 2.44. The van der Waals surface area contributed by atoms with E-state index in [2.05, 4.69) is 4.72 Å². The lowest BCUT2D eigenvalue weighted by Crippen LogP contribution is -2.46. The van der Waals surface area contributed by atoms with Crippen LogP contribution in [0.2, 0.25) is 0 Å². The minimum atomic E-state index is -4.05. The molecule has 1 aliphatic carbocycles. The Bertz CT molecular complexity index is 650. The summed E-state index contributed by atoms with van der Waals surface area (Å²) in [5.74, 6) is -2.41. The number of hydrogen-bond donors (Lipinski definition) is 1. The molecule has 1 saturated carbocycles. The summed E-state index contributed by atoms with van der Waals surface area (Å²) in [5, 5.41) is 9.09. The first-order chi connectivity index (χ1) is 8.78. The van der Waals surface area contributed by atoms with Crippen LogP contribution in [0.4, 0.5) is 8.78 Å². The van der Waals surface area contributed by atoms with Crippen molar-refractivity contribution in [1.82, 2.24) is 4.72 Å². The summed E-state index contributed by atoms with van der Waals surface area (Å²) in [6.07, 6.45) is 1.54. The normalized spacial score (nSPS) is 18.6. The molecule has 0 radical (unpaired) electrons. The number of hydrogen-bond acceptors (Lipinski definition) is 3. The van der Waals surface area contributed by atoms with E-state index in [0.717, 1.165) is 25.0 Å². The predicted octanol–water partition coefficient (Wildman–Crippen LogP) is 1.94. The van der Waals surface area contributed by atoms with Crippen LogP contribution in [0.15, 0.2) is 23.1 Å². The van der Waals surface area contributed by atoms with Crippen LogP contribution < -0.4 is 4.72 Å². The van der Waals surface area contributed by atoms with Crippen molar-refractivity contribution in [2.45, 2.75) is 30.2 Å². The van der Waals surface area contributed by atoms with E-state index in [4.69, 9.17) is 5.26 Å². The highest BCUT2D eigenvalue weighted by molar-refractivity contribution is 7.89. The zero-order chi connectivity index (χ0) is 14.3. The fourth-order valence-corrected chi connectivity index (χ4v) is 3.23. The molecule has 19 heavy (non-hydrogen) atoms. The molecular formula is C12H12F2N2O2S. The van der Waals surface area contributed by atoms with Crippen molar-refractivity contribution in [1.29, 1.82) is 5.26 Å². The number of sulfonamides is 1. The summed E-state index contributed by atoms with van der Waals surface area (Å²) in [7, 11) is -4.05. The fraction of sp³-hybridized carbons (Fsp3) is 0.417. The van der Waals surface area contributed by atoms with Gasteiger partial charge in [0.1, 0.15) is 5.54 Å². The number of nitrogens with zero attached hydrogens (tertiary/aromatic N) is 1. The topological polar surface area (TPSA) is 70.0 Å². The molecule has 1 aromatic carbocycles. The average molecular weight is 286 g/mol. The van der Waals surface area contributed by atoms with Crippen molar-refractivity contribution in [2.75, 3.05) is 0 Å². The molecular weight excluding hydrogens is 274 g/mol. The van der Waals surface area contributed by atoms with Gasteiger partial charge in [-0.2, -0.15) is 9.98 Å². The fourth-order valence-electron chi connectivity index (χ4n) is 1.84. The largest absolute Gasteiger partial charge is 0.242 e. The van der Waals surface area contributed by atoms with Crippen molar-refractivity contribution in [2.24, 2.45) is 5.92 Å². The van der Waals surface area contributed by atoms with Crippen LogP contribution in [0.3, 0.4) is 0 Å². The van der Waals surface area contributed by atoms with E-state index in [0.29, 0.717) is 6.07 Å². The van der Waals surface area contributed by atoms with E-state index in [1.807, 2.05) is 6.07 Å². The highest BCUT2D eigenvalue weighted by atomic mass is 32.2. The van der Waals surface area contributed by atoms with Crippen molar-refractivity contribution < 1.29 is 17.2 Å². The Balaban J connectivity index is 2.32. The first-order valence-corrected chi connectivity index (χ1v) is 7.17. The maximum Gasteiger partial charge on any atom is 0.242 e. The Kier molecular flexibility index (Phi) is 3.32. The Labute approximate surface area is 110 Å². The number of nitriles is 1. The Morgan fingerprint density at radius 3 is 2.47 bits per heavy atom. The smallest absolute Gasteiger partial charge is 0.207 e.